The summed E-state index contributed by atoms with van der Waals surface area (Å²) in [4.78, 5) is 11.2. The topological polar surface area (TPSA) is 83.3 Å². The average molecular weight is 387 g/mol. The van der Waals surface area contributed by atoms with Crippen molar-refractivity contribution in [3.63, 3.8) is 0 Å². The predicted molar refractivity (Wildman–Crippen MR) is 111 cm³/mol. The molecule has 1 aliphatic rings. The van der Waals surface area contributed by atoms with Gasteiger partial charge in [0.05, 0.1) is 37.7 Å². The lowest BCUT2D eigenvalue weighted by Gasteiger charge is -2.28. The normalized spacial score (nSPS) is 13.6. The number of nitrogens with zero attached hydrogens (tertiary/aromatic N) is 4. The molecule has 1 fully saturated rings. The van der Waals surface area contributed by atoms with Crippen molar-refractivity contribution in [2.75, 3.05) is 43.6 Å². The number of ether oxygens (including phenoxy) is 2. The van der Waals surface area contributed by atoms with Crippen LogP contribution in [0.5, 0.6) is 5.75 Å². The molecule has 7 nitrogen and oxygen atoms in total. The molecule has 7 heteroatoms. The minimum absolute atomic E-state index is 0.489. The zero-order valence-electron chi connectivity index (χ0n) is 16.1. The van der Waals surface area contributed by atoms with Gasteiger partial charge in [0.1, 0.15) is 5.75 Å². The van der Waals surface area contributed by atoms with Crippen LogP contribution in [0.15, 0.2) is 54.7 Å². The van der Waals surface area contributed by atoms with Crippen molar-refractivity contribution in [3.8, 4) is 23.1 Å². The number of nitrogens with one attached hydrogen (secondary N) is 1. The molecule has 0 spiro atoms. The number of aromatic nitrogens is 2. The average Bonchev–Trinajstić information content (AvgIpc) is 2.80. The molecule has 0 aliphatic carbocycles. The van der Waals surface area contributed by atoms with Crippen molar-refractivity contribution < 1.29 is 9.47 Å². The Morgan fingerprint density at radius 3 is 2.62 bits per heavy atom. The second-order valence-electron chi connectivity index (χ2n) is 6.60. The molecular formula is C22H21N5O2. The van der Waals surface area contributed by atoms with Gasteiger partial charge in [-0.15, -0.1) is 0 Å². The first kappa shape index (κ1) is 18.7. The van der Waals surface area contributed by atoms with Crippen molar-refractivity contribution in [1.82, 2.24) is 9.97 Å². The molecule has 0 amide bonds. The molecule has 2 aromatic carbocycles. The summed E-state index contributed by atoms with van der Waals surface area (Å²) in [6, 6.07) is 17.5. The van der Waals surface area contributed by atoms with Crippen LogP contribution in [-0.2, 0) is 4.74 Å². The molecule has 146 valence electrons. The molecule has 4 rings (SSSR count). The highest BCUT2D eigenvalue weighted by atomic mass is 16.5. The number of benzene rings is 2. The zero-order valence-corrected chi connectivity index (χ0v) is 16.1. The van der Waals surface area contributed by atoms with E-state index in [1.54, 1.807) is 25.4 Å². The van der Waals surface area contributed by atoms with Gasteiger partial charge in [0, 0.05) is 36.2 Å². The van der Waals surface area contributed by atoms with E-state index in [2.05, 4.69) is 38.4 Å². The van der Waals surface area contributed by atoms with Crippen LogP contribution in [0.25, 0.3) is 11.3 Å². The molecule has 1 aliphatic heterocycles. The van der Waals surface area contributed by atoms with Gasteiger partial charge in [0.15, 0.2) is 0 Å². The predicted octanol–water partition coefficient (Wildman–Crippen LogP) is 3.60. The van der Waals surface area contributed by atoms with Gasteiger partial charge >= 0.3 is 0 Å². The van der Waals surface area contributed by atoms with Gasteiger partial charge in [-0.1, -0.05) is 0 Å². The first-order valence-corrected chi connectivity index (χ1v) is 9.37. The van der Waals surface area contributed by atoms with Gasteiger partial charge in [-0.2, -0.15) is 5.26 Å². The quantitative estimate of drug-likeness (QED) is 0.716. The van der Waals surface area contributed by atoms with Crippen LogP contribution < -0.4 is 15.0 Å². The molecule has 29 heavy (non-hydrogen) atoms. The molecule has 0 bridgehead atoms. The maximum absolute atomic E-state index is 9.23. The smallest absolute Gasteiger partial charge is 0.227 e. The minimum atomic E-state index is 0.489. The van der Waals surface area contributed by atoms with Gasteiger partial charge in [0.2, 0.25) is 5.95 Å². The Labute approximate surface area is 169 Å². The van der Waals surface area contributed by atoms with E-state index in [4.69, 9.17) is 9.47 Å². The highest BCUT2D eigenvalue weighted by Crippen LogP contribution is 2.26. The fourth-order valence-electron chi connectivity index (χ4n) is 3.22. The highest BCUT2D eigenvalue weighted by Gasteiger charge is 2.11. The summed E-state index contributed by atoms with van der Waals surface area (Å²) in [5, 5.41) is 12.5. The number of hydrogen-bond donors (Lipinski definition) is 1. The Bertz CT molecular complexity index is 1020. The van der Waals surface area contributed by atoms with Crippen LogP contribution in [0.4, 0.5) is 17.3 Å². The van der Waals surface area contributed by atoms with Gasteiger partial charge in [-0.3, -0.25) is 0 Å². The van der Waals surface area contributed by atoms with Crippen LogP contribution in [-0.4, -0.2) is 43.4 Å². The number of hydrogen-bond acceptors (Lipinski definition) is 7. The molecule has 0 radical (unpaired) electrons. The zero-order chi connectivity index (χ0) is 20.1. The monoisotopic (exact) mass is 387 g/mol. The van der Waals surface area contributed by atoms with Crippen LogP contribution >= 0.6 is 0 Å². The first-order valence-electron chi connectivity index (χ1n) is 9.37. The molecule has 0 saturated carbocycles. The van der Waals surface area contributed by atoms with Gasteiger partial charge in [0.25, 0.3) is 0 Å². The highest BCUT2D eigenvalue weighted by molar-refractivity contribution is 5.66. The Morgan fingerprint density at radius 2 is 1.90 bits per heavy atom. The first-order chi connectivity index (χ1) is 14.2. The van der Waals surface area contributed by atoms with Crippen LogP contribution in [0.3, 0.4) is 0 Å². The summed E-state index contributed by atoms with van der Waals surface area (Å²) in [5.74, 6) is 1.11. The SMILES string of the molecule is COc1cc(C#N)cc(-c2ccnc(Nc3ccc(N4CCOCC4)cc3)n2)c1. The van der Waals surface area contributed by atoms with E-state index in [0.717, 1.165) is 37.6 Å². The van der Waals surface area contributed by atoms with Gasteiger partial charge in [-0.05, 0) is 48.5 Å². The van der Waals surface area contributed by atoms with Crippen molar-refractivity contribution in [3.05, 3.63) is 60.3 Å². The third-order valence-corrected chi connectivity index (χ3v) is 4.72. The van der Waals surface area contributed by atoms with Gasteiger partial charge in [-0.25, -0.2) is 9.97 Å². The lowest BCUT2D eigenvalue weighted by molar-refractivity contribution is 0.122. The summed E-state index contributed by atoms with van der Waals surface area (Å²) in [6.07, 6.45) is 1.69. The van der Waals surface area contributed by atoms with E-state index in [1.807, 2.05) is 24.3 Å². The molecule has 1 N–H and O–H groups in total. The molecule has 2 heterocycles. The second-order valence-corrected chi connectivity index (χ2v) is 6.60. The number of methoxy groups -OCH3 is 1. The Hall–Kier alpha value is -3.63. The molecule has 1 aromatic heterocycles. The molecule has 3 aromatic rings. The largest absolute Gasteiger partial charge is 0.497 e. The van der Waals surface area contributed by atoms with E-state index in [0.29, 0.717) is 23.0 Å². The number of anilines is 3. The van der Waals surface area contributed by atoms with Crippen LogP contribution in [0, 0.1) is 11.3 Å². The molecule has 1 saturated heterocycles. The van der Waals surface area contributed by atoms with Gasteiger partial charge < -0.3 is 19.7 Å². The third-order valence-electron chi connectivity index (χ3n) is 4.72. The third kappa shape index (κ3) is 4.45. The Kier molecular flexibility index (Phi) is 5.54. The maximum Gasteiger partial charge on any atom is 0.227 e. The summed E-state index contributed by atoms with van der Waals surface area (Å²) in [7, 11) is 1.58. The van der Waals surface area contributed by atoms with Crippen molar-refractivity contribution in [1.29, 1.82) is 5.26 Å². The lowest BCUT2D eigenvalue weighted by Crippen LogP contribution is -2.36. The second kappa shape index (κ2) is 8.59. The Balaban J connectivity index is 1.53. The molecular weight excluding hydrogens is 366 g/mol. The van der Waals surface area contributed by atoms with Crippen molar-refractivity contribution in [2.45, 2.75) is 0 Å². The van der Waals surface area contributed by atoms with E-state index >= 15 is 0 Å². The summed E-state index contributed by atoms with van der Waals surface area (Å²) >= 11 is 0. The fraction of sp³-hybridized carbons (Fsp3) is 0.227. The number of rotatable bonds is 5. The lowest BCUT2D eigenvalue weighted by atomic mass is 10.1. The number of morpholine rings is 1. The van der Waals surface area contributed by atoms with E-state index in [9.17, 15) is 5.26 Å². The van der Waals surface area contributed by atoms with Crippen LogP contribution in [0.1, 0.15) is 5.56 Å². The maximum atomic E-state index is 9.23. The van der Waals surface area contributed by atoms with Crippen molar-refractivity contribution >= 4 is 17.3 Å². The number of nitriles is 1. The molecule has 0 unspecified atom stereocenters. The summed E-state index contributed by atoms with van der Waals surface area (Å²) in [5.41, 5.74) is 4.11. The Morgan fingerprint density at radius 1 is 1.10 bits per heavy atom. The van der Waals surface area contributed by atoms with Crippen LogP contribution in [0.2, 0.25) is 0 Å². The van der Waals surface area contributed by atoms with Crippen molar-refractivity contribution in [2.24, 2.45) is 0 Å². The summed E-state index contributed by atoms with van der Waals surface area (Å²) < 4.78 is 10.7. The summed E-state index contributed by atoms with van der Waals surface area (Å²) in [6.45, 7) is 3.34. The van der Waals surface area contributed by atoms with E-state index < -0.39 is 0 Å². The standard InChI is InChI=1S/C22H21N5O2/c1-28-20-13-16(15-23)12-17(14-20)21-6-7-24-22(26-21)25-18-2-4-19(5-3-18)27-8-10-29-11-9-27/h2-7,12-14H,8-11H2,1H3,(H,24,25,26). The minimum Gasteiger partial charge on any atom is -0.497 e. The van der Waals surface area contributed by atoms with E-state index in [1.165, 1.54) is 5.69 Å². The molecule has 0 atom stereocenters. The fourth-order valence-corrected chi connectivity index (χ4v) is 3.22. The van der Waals surface area contributed by atoms with E-state index in [-0.39, 0.29) is 0 Å².